The topological polar surface area (TPSA) is 58.2 Å². The summed E-state index contributed by atoms with van der Waals surface area (Å²) in [6, 6.07) is 15.2. The Morgan fingerprint density at radius 3 is 2.42 bits per heavy atom. The van der Waals surface area contributed by atoms with Gasteiger partial charge in [0.15, 0.2) is 5.78 Å². The predicted octanol–water partition coefficient (Wildman–Crippen LogP) is 3.87. The Labute approximate surface area is 150 Å². The summed E-state index contributed by atoms with van der Waals surface area (Å²) in [5.74, 6) is 0.0319. The summed E-state index contributed by atoms with van der Waals surface area (Å²) in [6.45, 7) is 2.86. The van der Waals surface area contributed by atoms with E-state index in [1.54, 1.807) is 0 Å². The van der Waals surface area contributed by atoms with Gasteiger partial charge in [-0.1, -0.05) is 57.9 Å². The molecule has 0 spiro atoms. The Morgan fingerprint density at radius 2 is 1.71 bits per heavy atom. The zero-order chi connectivity index (χ0) is 17.4. The average Bonchev–Trinajstić information content (AvgIpc) is 2.55. The normalized spacial score (nSPS) is 10.2. The summed E-state index contributed by atoms with van der Waals surface area (Å²) >= 11 is 3.42. The van der Waals surface area contributed by atoms with E-state index in [1.165, 1.54) is 0 Å². The number of rotatable bonds is 7. The highest BCUT2D eigenvalue weighted by Crippen LogP contribution is 2.11. The van der Waals surface area contributed by atoms with Crippen molar-refractivity contribution in [2.75, 3.05) is 13.1 Å². The van der Waals surface area contributed by atoms with Crippen molar-refractivity contribution in [2.24, 2.45) is 0 Å². The zero-order valence-corrected chi connectivity index (χ0v) is 15.2. The summed E-state index contributed by atoms with van der Waals surface area (Å²) in [7, 11) is 0. The second kappa shape index (κ2) is 9.23. The maximum atomic E-state index is 12.0. The van der Waals surface area contributed by atoms with E-state index in [0.717, 1.165) is 22.0 Å². The van der Waals surface area contributed by atoms with Crippen LogP contribution in [-0.2, 0) is 6.42 Å². The second-order valence-electron chi connectivity index (χ2n) is 5.60. The molecule has 2 amide bonds. The molecule has 0 radical (unpaired) electrons. The van der Waals surface area contributed by atoms with Crippen LogP contribution in [0.1, 0.15) is 27.9 Å². The number of hydrogen-bond donors (Lipinski definition) is 2. The van der Waals surface area contributed by atoms with E-state index in [0.29, 0.717) is 25.1 Å². The number of nitrogens with one attached hydrogen (secondary N) is 2. The molecule has 0 aliphatic carbocycles. The van der Waals surface area contributed by atoms with Crippen molar-refractivity contribution >= 4 is 27.7 Å². The molecule has 2 rings (SSSR count). The number of Topliss-reactive ketones (excluding diaryl/α,β-unsaturated/α-hetero) is 1. The van der Waals surface area contributed by atoms with E-state index < -0.39 is 0 Å². The van der Waals surface area contributed by atoms with Crippen molar-refractivity contribution in [3.8, 4) is 0 Å². The summed E-state index contributed by atoms with van der Waals surface area (Å²) in [5, 5.41) is 5.51. The number of aryl methyl sites for hydroxylation is 1. The largest absolute Gasteiger partial charge is 0.338 e. The molecule has 5 heteroatoms. The first-order chi connectivity index (χ1) is 11.5. The molecule has 2 N–H and O–H groups in total. The number of carbonyl (C=O) groups excluding carboxylic acids is 2. The van der Waals surface area contributed by atoms with Crippen molar-refractivity contribution in [2.45, 2.75) is 19.8 Å². The Balaban J connectivity index is 1.64. The van der Waals surface area contributed by atoms with E-state index in [1.807, 2.05) is 55.5 Å². The maximum Gasteiger partial charge on any atom is 0.314 e. The number of ketones is 1. The molecule has 0 heterocycles. The van der Waals surface area contributed by atoms with Crippen LogP contribution in [0.4, 0.5) is 4.79 Å². The van der Waals surface area contributed by atoms with Crippen molar-refractivity contribution in [1.82, 2.24) is 10.6 Å². The van der Waals surface area contributed by atoms with Crippen LogP contribution in [0.5, 0.6) is 0 Å². The fourth-order valence-corrected chi connectivity index (χ4v) is 2.70. The number of halogens is 1. The molecule has 0 fully saturated rings. The van der Waals surface area contributed by atoms with Crippen LogP contribution in [0.2, 0.25) is 0 Å². The van der Waals surface area contributed by atoms with Gasteiger partial charge in [0.1, 0.15) is 0 Å². The fraction of sp³-hybridized carbons (Fsp3) is 0.263. The number of carbonyl (C=O) groups is 2. The number of urea groups is 1. The van der Waals surface area contributed by atoms with Crippen molar-refractivity contribution in [3.05, 3.63) is 69.7 Å². The van der Waals surface area contributed by atoms with Gasteiger partial charge in [0.25, 0.3) is 0 Å². The molecule has 0 saturated carbocycles. The van der Waals surface area contributed by atoms with Crippen LogP contribution in [0, 0.1) is 6.92 Å². The van der Waals surface area contributed by atoms with E-state index in [4.69, 9.17) is 0 Å². The van der Waals surface area contributed by atoms with E-state index in [2.05, 4.69) is 26.6 Å². The van der Waals surface area contributed by atoms with Crippen LogP contribution in [0.15, 0.2) is 53.0 Å². The van der Waals surface area contributed by atoms with Crippen LogP contribution >= 0.6 is 15.9 Å². The molecule has 0 aromatic heterocycles. The third-order valence-electron chi connectivity index (χ3n) is 3.60. The molecule has 0 saturated heterocycles. The van der Waals surface area contributed by atoms with E-state index in [-0.39, 0.29) is 11.8 Å². The van der Waals surface area contributed by atoms with Gasteiger partial charge in [-0.05, 0) is 31.0 Å². The van der Waals surface area contributed by atoms with Gasteiger partial charge in [-0.25, -0.2) is 4.79 Å². The summed E-state index contributed by atoms with van der Waals surface area (Å²) in [5.41, 5.74) is 2.95. The number of hydrogen-bond acceptors (Lipinski definition) is 2. The van der Waals surface area contributed by atoms with Gasteiger partial charge in [0, 0.05) is 29.5 Å². The number of amides is 2. The van der Waals surface area contributed by atoms with Crippen LogP contribution in [-0.4, -0.2) is 24.9 Å². The minimum atomic E-state index is -0.248. The monoisotopic (exact) mass is 388 g/mol. The molecular weight excluding hydrogens is 368 g/mol. The first-order valence-electron chi connectivity index (χ1n) is 7.90. The highest BCUT2D eigenvalue weighted by molar-refractivity contribution is 9.10. The zero-order valence-electron chi connectivity index (χ0n) is 13.6. The molecular formula is C19H21BrN2O2. The lowest BCUT2D eigenvalue weighted by molar-refractivity contribution is 0.0983. The SMILES string of the molecule is Cc1ccc(C(=O)CCNC(=O)NCCc2cccc(Br)c2)cc1. The van der Waals surface area contributed by atoms with Gasteiger partial charge in [-0.3, -0.25) is 4.79 Å². The Morgan fingerprint density at radius 1 is 1.00 bits per heavy atom. The van der Waals surface area contributed by atoms with Gasteiger partial charge >= 0.3 is 6.03 Å². The highest BCUT2D eigenvalue weighted by Gasteiger charge is 2.06. The molecule has 4 nitrogen and oxygen atoms in total. The van der Waals surface area contributed by atoms with Gasteiger partial charge in [0.2, 0.25) is 0 Å². The van der Waals surface area contributed by atoms with Crippen molar-refractivity contribution in [1.29, 1.82) is 0 Å². The lowest BCUT2D eigenvalue weighted by Gasteiger charge is -2.08. The van der Waals surface area contributed by atoms with Crippen LogP contribution < -0.4 is 10.6 Å². The van der Waals surface area contributed by atoms with Gasteiger partial charge in [-0.15, -0.1) is 0 Å². The van der Waals surface area contributed by atoms with Crippen LogP contribution in [0.3, 0.4) is 0 Å². The highest BCUT2D eigenvalue weighted by atomic mass is 79.9. The molecule has 0 atom stereocenters. The summed E-state index contributed by atoms with van der Waals surface area (Å²) in [6.07, 6.45) is 1.05. The maximum absolute atomic E-state index is 12.0. The third kappa shape index (κ3) is 6.16. The summed E-state index contributed by atoms with van der Waals surface area (Å²) < 4.78 is 1.03. The summed E-state index contributed by atoms with van der Waals surface area (Å²) in [4.78, 5) is 23.7. The molecule has 0 aliphatic rings. The Kier molecular flexibility index (Phi) is 7.00. The molecule has 0 aliphatic heterocycles. The third-order valence-corrected chi connectivity index (χ3v) is 4.09. The van der Waals surface area contributed by atoms with Crippen molar-refractivity contribution < 1.29 is 9.59 Å². The van der Waals surface area contributed by atoms with E-state index in [9.17, 15) is 9.59 Å². The fourth-order valence-electron chi connectivity index (χ4n) is 2.25. The predicted molar refractivity (Wildman–Crippen MR) is 99.4 cm³/mol. The first kappa shape index (κ1) is 18.2. The number of benzene rings is 2. The molecule has 0 bridgehead atoms. The minimum Gasteiger partial charge on any atom is -0.338 e. The van der Waals surface area contributed by atoms with Gasteiger partial charge in [-0.2, -0.15) is 0 Å². The molecule has 2 aromatic carbocycles. The smallest absolute Gasteiger partial charge is 0.314 e. The molecule has 2 aromatic rings. The molecule has 0 unspecified atom stereocenters. The average molecular weight is 389 g/mol. The van der Waals surface area contributed by atoms with Gasteiger partial charge < -0.3 is 10.6 Å². The molecule has 24 heavy (non-hydrogen) atoms. The first-order valence-corrected chi connectivity index (χ1v) is 8.70. The second-order valence-corrected chi connectivity index (χ2v) is 6.52. The van der Waals surface area contributed by atoms with Crippen molar-refractivity contribution in [3.63, 3.8) is 0 Å². The Hall–Kier alpha value is -2.14. The van der Waals surface area contributed by atoms with Gasteiger partial charge in [0.05, 0.1) is 0 Å². The minimum absolute atomic E-state index is 0.0319. The molecule has 126 valence electrons. The van der Waals surface area contributed by atoms with E-state index >= 15 is 0 Å². The van der Waals surface area contributed by atoms with Crippen LogP contribution in [0.25, 0.3) is 0 Å². The quantitative estimate of drug-likeness (QED) is 0.707. The lowest BCUT2D eigenvalue weighted by atomic mass is 10.1. The Bertz CT molecular complexity index is 699. The standard InChI is InChI=1S/C19H21BrN2O2/c1-14-5-7-16(8-6-14)18(23)10-12-22-19(24)21-11-9-15-3-2-4-17(20)13-15/h2-8,13H,9-12H2,1H3,(H2,21,22,24). The lowest BCUT2D eigenvalue weighted by Crippen LogP contribution is -2.37.